The molecular formula is C20H22ClF3N2O. The number of rotatable bonds is 5. The molecule has 0 aromatic heterocycles. The Kier molecular flexibility index (Phi) is 6.54. The molecule has 2 aromatic carbocycles. The third kappa shape index (κ3) is 4.62. The molecule has 0 saturated heterocycles. The molecule has 1 saturated carbocycles. The Balaban J connectivity index is 0.00000261. The highest BCUT2D eigenvalue weighted by molar-refractivity contribution is 5.94. The zero-order chi connectivity index (χ0) is 18.8. The summed E-state index contributed by atoms with van der Waals surface area (Å²) in [4.78, 5) is 12.4. The molecule has 3 N–H and O–H groups in total. The van der Waals surface area contributed by atoms with E-state index >= 15 is 0 Å². The van der Waals surface area contributed by atoms with E-state index in [1.807, 2.05) is 0 Å². The number of hydrogen-bond donors (Lipinski definition) is 2. The number of hydrogen-bond acceptors (Lipinski definition) is 2. The van der Waals surface area contributed by atoms with Gasteiger partial charge < -0.3 is 11.1 Å². The van der Waals surface area contributed by atoms with Crippen molar-refractivity contribution in [2.45, 2.75) is 37.4 Å². The first kappa shape index (κ1) is 21.3. The normalized spacial score (nSPS) is 15.4. The van der Waals surface area contributed by atoms with Gasteiger partial charge in [-0.1, -0.05) is 36.8 Å². The minimum Gasteiger partial charge on any atom is -0.351 e. The molecule has 0 heterocycles. The van der Waals surface area contributed by atoms with Crippen LogP contribution in [0.1, 0.15) is 46.3 Å². The van der Waals surface area contributed by atoms with E-state index in [-0.39, 0.29) is 18.3 Å². The van der Waals surface area contributed by atoms with Crippen LogP contribution in [0.15, 0.2) is 48.5 Å². The maximum absolute atomic E-state index is 13.0. The topological polar surface area (TPSA) is 55.1 Å². The smallest absolute Gasteiger partial charge is 0.351 e. The van der Waals surface area contributed by atoms with E-state index in [0.29, 0.717) is 24.2 Å². The number of carbonyl (C=O) groups excluding carboxylic acids is 1. The molecule has 0 atom stereocenters. The van der Waals surface area contributed by atoms with Crippen LogP contribution in [0.5, 0.6) is 0 Å². The summed E-state index contributed by atoms with van der Waals surface area (Å²) in [6.45, 7) is 0.729. The Morgan fingerprint density at radius 1 is 1.11 bits per heavy atom. The van der Waals surface area contributed by atoms with Crippen LogP contribution in [0.2, 0.25) is 0 Å². The van der Waals surface area contributed by atoms with Crippen molar-refractivity contribution in [2.75, 3.05) is 6.54 Å². The number of nitrogens with two attached hydrogens (primary N) is 1. The molecule has 146 valence electrons. The second kappa shape index (κ2) is 8.31. The average Bonchev–Trinajstić information content (AvgIpc) is 2.60. The summed E-state index contributed by atoms with van der Waals surface area (Å²) in [6, 6.07) is 12.4. The molecule has 0 bridgehead atoms. The SMILES string of the molecule is Cl.NCc1ccc(C(=O)NCC2(c3cccc(C(F)(F)F)c3)CCC2)cc1. The molecule has 0 unspecified atom stereocenters. The molecule has 1 aliphatic rings. The second-order valence-electron chi connectivity index (χ2n) is 6.80. The number of carbonyl (C=O) groups is 1. The van der Waals surface area contributed by atoms with Crippen LogP contribution in [-0.2, 0) is 18.1 Å². The van der Waals surface area contributed by atoms with Crippen molar-refractivity contribution >= 4 is 18.3 Å². The lowest BCUT2D eigenvalue weighted by Gasteiger charge is -2.43. The Morgan fingerprint density at radius 2 is 1.78 bits per heavy atom. The number of nitrogens with one attached hydrogen (secondary N) is 1. The molecule has 0 aliphatic heterocycles. The molecule has 1 aliphatic carbocycles. The van der Waals surface area contributed by atoms with Gasteiger partial charge in [0.05, 0.1) is 5.56 Å². The van der Waals surface area contributed by atoms with Gasteiger partial charge in [0.15, 0.2) is 0 Å². The van der Waals surface area contributed by atoms with Gasteiger partial charge in [-0.05, 0) is 42.2 Å². The summed E-state index contributed by atoms with van der Waals surface area (Å²) < 4.78 is 39.0. The molecule has 0 radical (unpaired) electrons. The zero-order valence-corrected chi connectivity index (χ0v) is 15.5. The maximum atomic E-state index is 13.0. The summed E-state index contributed by atoms with van der Waals surface area (Å²) in [5.41, 5.74) is 6.56. The van der Waals surface area contributed by atoms with Crippen molar-refractivity contribution in [3.63, 3.8) is 0 Å². The van der Waals surface area contributed by atoms with Crippen LogP contribution >= 0.6 is 12.4 Å². The predicted molar refractivity (Wildman–Crippen MR) is 101 cm³/mol. The van der Waals surface area contributed by atoms with Crippen molar-refractivity contribution in [2.24, 2.45) is 5.73 Å². The van der Waals surface area contributed by atoms with Crippen LogP contribution in [0, 0.1) is 0 Å². The van der Waals surface area contributed by atoms with Crippen molar-refractivity contribution in [1.29, 1.82) is 0 Å². The van der Waals surface area contributed by atoms with E-state index in [0.717, 1.165) is 30.9 Å². The number of halogens is 4. The fraction of sp³-hybridized carbons (Fsp3) is 0.350. The first-order valence-electron chi connectivity index (χ1n) is 8.59. The van der Waals surface area contributed by atoms with Crippen LogP contribution < -0.4 is 11.1 Å². The van der Waals surface area contributed by atoms with Gasteiger partial charge in [0.2, 0.25) is 0 Å². The molecule has 1 fully saturated rings. The lowest BCUT2D eigenvalue weighted by molar-refractivity contribution is -0.137. The third-order valence-electron chi connectivity index (χ3n) is 5.15. The fourth-order valence-corrected chi connectivity index (χ4v) is 3.34. The van der Waals surface area contributed by atoms with Crippen molar-refractivity contribution in [3.05, 3.63) is 70.8 Å². The summed E-state index contributed by atoms with van der Waals surface area (Å²) in [5, 5.41) is 2.88. The van der Waals surface area contributed by atoms with Crippen LogP contribution in [0.25, 0.3) is 0 Å². The molecule has 1 amide bonds. The average molecular weight is 399 g/mol. The maximum Gasteiger partial charge on any atom is 0.416 e. The van der Waals surface area contributed by atoms with Gasteiger partial charge in [0.1, 0.15) is 0 Å². The molecule has 3 rings (SSSR count). The Hall–Kier alpha value is -2.05. The molecule has 3 nitrogen and oxygen atoms in total. The van der Waals surface area contributed by atoms with E-state index in [1.165, 1.54) is 12.1 Å². The van der Waals surface area contributed by atoms with Crippen molar-refractivity contribution in [3.8, 4) is 0 Å². The number of alkyl halides is 3. The highest BCUT2D eigenvalue weighted by Gasteiger charge is 2.40. The van der Waals surface area contributed by atoms with Gasteiger partial charge in [0, 0.05) is 24.1 Å². The lowest BCUT2D eigenvalue weighted by Crippen LogP contribution is -2.45. The molecule has 27 heavy (non-hydrogen) atoms. The molecular weight excluding hydrogens is 377 g/mol. The predicted octanol–water partition coefficient (Wildman–Crippen LogP) is 4.44. The van der Waals surface area contributed by atoms with Crippen LogP contribution in [0.4, 0.5) is 13.2 Å². The van der Waals surface area contributed by atoms with Gasteiger partial charge in [0.25, 0.3) is 5.91 Å². The van der Waals surface area contributed by atoms with Gasteiger partial charge in [-0.15, -0.1) is 12.4 Å². The second-order valence-corrected chi connectivity index (χ2v) is 6.80. The monoisotopic (exact) mass is 398 g/mol. The number of benzene rings is 2. The Labute approximate surface area is 162 Å². The summed E-state index contributed by atoms with van der Waals surface area (Å²) in [6.07, 6.45) is -1.90. The summed E-state index contributed by atoms with van der Waals surface area (Å²) >= 11 is 0. The van der Waals surface area contributed by atoms with E-state index in [9.17, 15) is 18.0 Å². The van der Waals surface area contributed by atoms with E-state index in [1.54, 1.807) is 30.3 Å². The largest absolute Gasteiger partial charge is 0.416 e. The Morgan fingerprint density at radius 3 is 2.30 bits per heavy atom. The first-order valence-corrected chi connectivity index (χ1v) is 8.59. The molecule has 7 heteroatoms. The van der Waals surface area contributed by atoms with Crippen LogP contribution in [0.3, 0.4) is 0 Å². The van der Waals surface area contributed by atoms with Crippen molar-refractivity contribution < 1.29 is 18.0 Å². The van der Waals surface area contributed by atoms with E-state index in [2.05, 4.69) is 5.32 Å². The lowest BCUT2D eigenvalue weighted by atomic mass is 9.64. The molecule has 2 aromatic rings. The van der Waals surface area contributed by atoms with E-state index in [4.69, 9.17) is 5.73 Å². The number of amides is 1. The van der Waals surface area contributed by atoms with Gasteiger partial charge in [-0.25, -0.2) is 0 Å². The summed E-state index contributed by atoms with van der Waals surface area (Å²) in [7, 11) is 0. The zero-order valence-electron chi connectivity index (χ0n) is 14.7. The van der Waals surface area contributed by atoms with Crippen molar-refractivity contribution in [1.82, 2.24) is 5.32 Å². The molecule has 0 spiro atoms. The fourth-order valence-electron chi connectivity index (χ4n) is 3.34. The highest BCUT2D eigenvalue weighted by atomic mass is 35.5. The Bertz CT molecular complexity index is 787. The minimum atomic E-state index is -4.37. The first-order chi connectivity index (χ1) is 12.3. The third-order valence-corrected chi connectivity index (χ3v) is 5.15. The quantitative estimate of drug-likeness (QED) is 0.782. The van der Waals surface area contributed by atoms with Gasteiger partial charge >= 0.3 is 6.18 Å². The minimum absolute atomic E-state index is 0. The van der Waals surface area contributed by atoms with Gasteiger partial charge in [-0.2, -0.15) is 13.2 Å². The highest BCUT2D eigenvalue weighted by Crippen LogP contribution is 2.44. The van der Waals surface area contributed by atoms with Crippen LogP contribution in [-0.4, -0.2) is 12.5 Å². The standard InChI is InChI=1S/C20H21F3N2O.ClH/c21-20(22,23)17-4-1-3-16(11-17)19(9-2-10-19)13-25-18(26)15-7-5-14(12-24)6-8-15;/h1,3-8,11H,2,9-10,12-13,24H2,(H,25,26);1H. The summed E-state index contributed by atoms with van der Waals surface area (Å²) in [5.74, 6) is -0.230. The van der Waals surface area contributed by atoms with Gasteiger partial charge in [-0.3, -0.25) is 4.79 Å². The van der Waals surface area contributed by atoms with E-state index < -0.39 is 17.2 Å².